The van der Waals surface area contributed by atoms with Gasteiger partial charge in [0, 0.05) is 0 Å². The molecule has 0 radical (unpaired) electrons. The van der Waals surface area contributed by atoms with Crippen molar-refractivity contribution in [2.24, 2.45) is 0 Å². The number of methoxy groups -OCH3 is 1. The van der Waals surface area contributed by atoms with Crippen LogP contribution in [0.4, 0.5) is 5.00 Å². The summed E-state index contributed by atoms with van der Waals surface area (Å²) in [7, 11) is 1.33. The molecule has 6 nitrogen and oxygen atoms in total. The molecule has 2 aromatic heterocycles. The number of aromatic nitrogens is 2. The van der Waals surface area contributed by atoms with Crippen LogP contribution < -0.4 is 5.32 Å². The average Bonchev–Trinajstić information content (AvgIpc) is 3.28. The summed E-state index contributed by atoms with van der Waals surface area (Å²) >= 11 is 1.18. The van der Waals surface area contributed by atoms with Crippen LogP contribution in [-0.2, 0) is 17.7 Å². The molecule has 0 fully saturated rings. The number of thiophene rings is 1. The molecule has 1 aromatic carbocycles. The molecule has 3 aromatic rings. The third-order valence-corrected chi connectivity index (χ3v) is 4.91. The monoisotopic (exact) mass is 369 g/mol. The van der Waals surface area contributed by atoms with E-state index in [1.54, 1.807) is 18.3 Å². The Morgan fingerprint density at radius 3 is 2.65 bits per heavy atom. The van der Waals surface area contributed by atoms with Gasteiger partial charge >= 0.3 is 5.97 Å². The van der Waals surface area contributed by atoms with Gasteiger partial charge in [-0.1, -0.05) is 37.3 Å². The SMILES string of the molecule is CCc1c(C(=O)Nc2ccc(C(=O)OC)s2)cnn1Cc1ccccc1. The number of nitrogens with one attached hydrogen (secondary N) is 1. The number of carbonyl (C=O) groups is 2. The van der Waals surface area contributed by atoms with Crippen LogP contribution in [0.15, 0.2) is 48.7 Å². The minimum atomic E-state index is -0.416. The lowest BCUT2D eigenvalue weighted by Crippen LogP contribution is -2.14. The lowest BCUT2D eigenvalue weighted by Gasteiger charge is -2.08. The number of benzene rings is 1. The molecule has 0 aliphatic heterocycles. The first-order valence-electron chi connectivity index (χ1n) is 8.20. The van der Waals surface area contributed by atoms with E-state index in [1.807, 2.05) is 41.9 Å². The summed E-state index contributed by atoms with van der Waals surface area (Å²) in [5.41, 5.74) is 2.53. The van der Waals surface area contributed by atoms with E-state index in [0.29, 0.717) is 28.4 Å². The van der Waals surface area contributed by atoms with Gasteiger partial charge in [-0.15, -0.1) is 11.3 Å². The van der Waals surface area contributed by atoms with E-state index in [1.165, 1.54) is 18.4 Å². The van der Waals surface area contributed by atoms with Crippen LogP contribution in [0.25, 0.3) is 0 Å². The summed E-state index contributed by atoms with van der Waals surface area (Å²) in [4.78, 5) is 24.6. The van der Waals surface area contributed by atoms with Gasteiger partial charge in [0.15, 0.2) is 0 Å². The minimum Gasteiger partial charge on any atom is -0.465 e. The standard InChI is InChI=1S/C19H19N3O3S/c1-3-15-14(11-20-22(15)12-13-7-5-4-6-8-13)18(23)21-17-10-9-16(26-17)19(24)25-2/h4-11H,3,12H2,1-2H3,(H,21,23). The Kier molecular flexibility index (Phi) is 5.48. The zero-order valence-electron chi connectivity index (χ0n) is 14.6. The molecule has 0 spiro atoms. The molecule has 7 heteroatoms. The summed E-state index contributed by atoms with van der Waals surface area (Å²) < 4.78 is 6.53. The molecular weight excluding hydrogens is 350 g/mol. The maximum absolute atomic E-state index is 12.6. The van der Waals surface area contributed by atoms with Crippen molar-refractivity contribution in [1.29, 1.82) is 0 Å². The van der Waals surface area contributed by atoms with Gasteiger partial charge in [0.05, 0.1) is 36.1 Å². The van der Waals surface area contributed by atoms with Gasteiger partial charge in [-0.25, -0.2) is 4.79 Å². The number of esters is 1. The second kappa shape index (κ2) is 7.97. The van der Waals surface area contributed by atoms with Crippen molar-refractivity contribution in [3.05, 3.63) is 70.4 Å². The normalized spacial score (nSPS) is 10.5. The number of nitrogens with zero attached hydrogens (tertiary/aromatic N) is 2. The van der Waals surface area contributed by atoms with E-state index < -0.39 is 5.97 Å². The minimum absolute atomic E-state index is 0.237. The Hall–Kier alpha value is -2.93. The zero-order chi connectivity index (χ0) is 18.5. The largest absolute Gasteiger partial charge is 0.465 e. The number of ether oxygens (including phenoxy) is 1. The highest BCUT2D eigenvalue weighted by Crippen LogP contribution is 2.24. The first-order valence-corrected chi connectivity index (χ1v) is 9.02. The first kappa shape index (κ1) is 17.9. The van der Waals surface area contributed by atoms with Gasteiger partial charge in [-0.2, -0.15) is 5.10 Å². The third kappa shape index (κ3) is 3.83. The highest BCUT2D eigenvalue weighted by atomic mass is 32.1. The summed E-state index contributed by atoms with van der Waals surface area (Å²) in [6.45, 7) is 2.61. The van der Waals surface area contributed by atoms with Crippen LogP contribution in [0.1, 0.15) is 38.2 Å². The highest BCUT2D eigenvalue weighted by Gasteiger charge is 2.18. The predicted octanol–water partition coefficient (Wildman–Crippen LogP) is 3.59. The Balaban J connectivity index is 1.77. The molecule has 0 saturated carbocycles. The van der Waals surface area contributed by atoms with Gasteiger partial charge in [-0.3, -0.25) is 9.48 Å². The molecule has 3 rings (SSSR count). The van der Waals surface area contributed by atoms with Gasteiger partial charge in [0.25, 0.3) is 5.91 Å². The fourth-order valence-electron chi connectivity index (χ4n) is 2.66. The lowest BCUT2D eigenvalue weighted by molar-refractivity contribution is 0.0606. The van der Waals surface area contributed by atoms with Crippen LogP contribution in [0.2, 0.25) is 0 Å². The lowest BCUT2D eigenvalue weighted by atomic mass is 10.2. The second-order valence-corrected chi connectivity index (χ2v) is 6.70. The summed E-state index contributed by atoms with van der Waals surface area (Å²) in [6, 6.07) is 13.3. The molecule has 1 N–H and O–H groups in total. The quantitative estimate of drug-likeness (QED) is 0.674. The fourth-order valence-corrected chi connectivity index (χ4v) is 3.48. The second-order valence-electron chi connectivity index (χ2n) is 5.61. The number of amides is 1. The molecule has 0 bridgehead atoms. The molecule has 1 amide bonds. The van der Waals surface area contributed by atoms with E-state index in [0.717, 1.165) is 11.3 Å². The van der Waals surface area contributed by atoms with Crippen LogP contribution in [-0.4, -0.2) is 28.8 Å². The highest BCUT2D eigenvalue weighted by molar-refractivity contribution is 7.18. The van der Waals surface area contributed by atoms with Crippen LogP contribution in [0.5, 0.6) is 0 Å². The van der Waals surface area contributed by atoms with E-state index in [-0.39, 0.29) is 5.91 Å². The molecule has 0 saturated heterocycles. The van der Waals surface area contributed by atoms with Crippen molar-refractivity contribution < 1.29 is 14.3 Å². The van der Waals surface area contributed by atoms with E-state index in [9.17, 15) is 9.59 Å². The third-order valence-electron chi connectivity index (χ3n) is 3.93. The fraction of sp³-hybridized carbons (Fsp3) is 0.211. The predicted molar refractivity (Wildman–Crippen MR) is 101 cm³/mol. The van der Waals surface area contributed by atoms with Gasteiger partial charge < -0.3 is 10.1 Å². The van der Waals surface area contributed by atoms with Crippen LogP contribution >= 0.6 is 11.3 Å². The van der Waals surface area contributed by atoms with Gasteiger partial charge in [0.2, 0.25) is 0 Å². The number of carbonyl (C=O) groups excluding carboxylic acids is 2. The van der Waals surface area contributed by atoms with Crippen molar-refractivity contribution in [2.45, 2.75) is 19.9 Å². The van der Waals surface area contributed by atoms with Crippen LogP contribution in [0.3, 0.4) is 0 Å². The smallest absolute Gasteiger partial charge is 0.348 e. The number of hydrogen-bond acceptors (Lipinski definition) is 5. The Morgan fingerprint density at radius 2 is 1.96 bits per heavy atom. The first-order chi connectivity index (χ1) is 12.6. The number of rotatable bonds is 6. The number of hydrogen-bond donors (Lipinski definition) is 1. The molecule has 134 valence electrons. The van der Waals surface area contributed by atoms with Gasteiger partial charge in [0.1, 0.15) is 4.88 Å². The molecule has 0 aliphatic rings. The Morgan fingerprint density at radius 1 is 1.19 bits per heavy atom. The van der Waals surface area contributed by atoms with E-state index in [4.69, 9.17) is 0 Å². The van der Waals surface area contributed by atoms with Crippen molar-refractivity contribution >= 4 is 28.2 Å². The Bertz CT molecular complexity index is 915. The summed E-state index contributed by atoms with van der Waals surface area (Å²) in [5, 5.41) is 7.80. The molecular formula is C19H19N3O3S. The average molecular weight is 369 g/mol. The zero-order valence-corrected chi connectivity index (χ0v) is 15.4. The molecule has 0 atom stereocenters. The number of anilines is 1. The van der Waals surface area contributed by atoms with Gasteiger partial charge in [-0.05, 0) is 24.1 Å². The van der Waals surface area contributed by atoms with Crippen molar-refractivity contribution in [2.75, 3.05) is 12.4 Å². The molecule has 0 unspecified atom stereocenters. The summed E-state index contributed by atoms with van der Waals surface area (Å²) in [6.07, 6.45) is 2.28. The van der Waals surface area contributed by atoms with Crippen LogP contribution in [0, 0.1) is 0 Å². The Labute approximate surface area is 155 Å². The maximum atomic E-state index is 12.6. The van der Waals surface area contributed by atoms with Crippen molar-refractivity contribution in [3.63, 3.8) is 0 Å². The molecule has 0 aliphatic carbocycles. The van der Waals surface area contributed by atoms with E-state index >= 15 is 0 Å². The van der Waals surface area contributed by atoms with E-state index in [2.05, 4.69) is 15.2 Å². The van der Waals surface area contributed by atoms with Crippen molar-refractivity contribution in [1.82, 2.24) is 9.78 Å². The maximum Gasteiger partial charge on any atom is 0.348 e. The molecule has 26 heavy (non-hydrogen) atoms. The summed E-state index contributed by atoms with van der Waals surface area (Å²) in [5.74, 6) is -0.653. The van der Waals surface area contributed by atoms with Crippen molar-refractivity contribution in [3.8, 4) is 0 Å². The molecule has 2 heterocycles. The topological polar surface area (TPSA) is 73.2 Å².